The molecule has 0 aromatic heterocycles. The van der Waals surface area contributed by atoms with E-state index in [1.54, 1.807) is 0 Å². The largest absolute Gasteiger partial charge is 0.341 e. The van der Waals surface area contributed by atoms with E-state index in [1.807, 2.05) is 25.7 Å². The van der Waals surface area contributed by atoms with Crippen LogP contribution in [0.15, 0.2) is 0 Å². The van der Waals surface area contributed by atoms with E-state index in [9.17, 15) is 4.79 Å². The van der Waals surface area contributed by atoms with Crippen molar-refractivity contribution in [1.29, 1.82) is 0 Å². The van der Waals surface area contributed by atoms with Gasteiger partial charge in [-0.25, -0.2) is 0 Å². The molecule has 0 aromatic rings. The van der Waals surface area contributed by atoms with Crippen molar-refractivity contribution in [2.45, 2.75) is 46.5 Å². The lowest BCUT2D eigenvalue weighted by atomic mass is 9.94. The summed E-state index contributed by atoms with van der Waals surface area (Å²) < 4.78 is 0. The van der Waals surface area contributed by atoms with Crippen molar-refractivity contribution in [1.82, 2.24) is 9.80 Å². The topological polar surface area (TPSA) is 49.6 Å². The van der Waals surface area contributed by atoms with Gasteiger partial charge in [0.1, 0.15) is 0 Å². The van der Waals surface area contributed by atoms with E-state index < -0.39 is 0 Å². The second-order valence-electron chi connectivity index (χ2n) is 6.59. The van der Waals surface area contributed by atoms with Crippen molar-refractivity contribution < 1.29 is 4.79 Å². The van der Waals surface area contributed by atoms with Crippen molar-refractivity contribution in [2.24, 2.45) is 11.1 Å². The Kier molecular flexibility index (Phi) is 6.80. The molecule has 112 valence electrons. The van der Waals surface area contributed by atoms with Gasteiger partial charge in [-0.15, -0.1) is 0 Å². The molecule has 0 bridgehead atoms. The number of nitrogens with zero attached hydrogens (tertiary/aromatic N) is 2. The molecule has 0 radical (unpaired) electrons. The van der Waals surface area contributed by atoms with Crippen LogP contribution in [0.25, 0.3) is 0 Å². The van der Waals surface area contributed by atoms with Crippen LogP contribution >= 0.6 is 0 Å². The molecular weight excluding hydrogens is 238 g/mol. The maximum absolute atomic E-state index is 12.3. The maximum Gasteiger partial charge on any atom is 0.227 e. The number of hydrogen-bond donors (Lipinski definition) is 1. The first kappa shape index (κ1) is 16.4. The highest BCUT2D eigenvalue weighted by atomic mass is 16.2. The van der Waals surface area contributed by atoms with E-state index in [4.69, 9.17) is 5.73 Å². The average Bonchev–Trinajstić information content (AvgIpc) is 2.58. The molecular formula is C15H31N3O. The molecule has 1 fully saturated rings. The highest BCUT2D eigenvalue weighted by molar-refractivity contribution is 5.81. The van der Waals surface area contributed by atoms with E-state index in [-0.39, 0.29) is 11.3 Å². The summed E-state index contributed by atoms with van der Waals surface area (Å²) in [6, 6.07) is 0. The molecule has 0 saturated carbocycles. The minimum absolute atomic E-state index is 0.254. The first-order valence-electron chi connectivity index (χ1n) is 7.67. The molecule has 0 atom stereocenters. The molecule has 1 aliphatic heterocycles. The molecule has 4 heteroatoms. The smallest absolute Gasteiger partial charge is 0.227 e. The van der Waals surface area contributed by atoms with E-state index in [1.165, 1.54) is 12.8 Å². The summed E-state index contributed by atoms with van der Waals surface area (Å²) in [4.78, 5) is 16.8. The predicted octanol–water partition coefficient (Wildman–Crippen LogP) is 1.70. The second kappa shape index (κ2) is 7.85. The van der Waals surface area contributed by atoms with Gasteiger partial charge in [0.05, 0.1) is 0 Å². The van der Waals surface area contributed by atoms with E-state index in [0.29, 0.717) is 0 Å². The van der Waals surface area contributed by atoms with Gasteiger partial charge in [0.15, 0.2) is 0 Å². The summed E-state index contributed by atoms with van der Waals surface area (Å²) in [6.45, 7) is 11.9. The SMILES string of the molecule is CC(C)(C)C(=O)N1CCCN(CCCCCN)CC1. The van der Waals surface area contributed by atoms with E-state index in [0.717, 1.165) is 52.1 Å². The number of nitrogens with two attached hydrogens (primary N) is 1. The Bertz CT molecular complexity index is 273. The molecule has 0 spiro atoms. The van der Waals surface area contributed by atoms with Crippen LogP contribution in [-0.2, 0) is 4.79 Å². The van der Waals surface area contributed by atoms with Crippen LogP contribution in [0.5, 0.6) is 0 Å². The fourth-order valence-electron chi connectivity index (χ4n) is 2.53. The van der Waals surface area contributed by atoms with Crippen molar-refractivity contribution >= 4 is 5.91 Å². The van der Waals surface area contributed by atoms with Gasteiger partial charge in [-0.2, -0.15) is 0 Å². The highest BCUT2D eigenvalue weighted by Crippen LogP contribution is 2.18. The number of unbranched alkanes of at least 4 members (excludes halogenated alkanes) is 2. The maximum atomic E-state index is 12.3. The Balaban J connectivity index is 2.33. The van der Waals surface area contributed by atoms with Gasteiger partial charge >= 0.3 is 0 Å². The summed E-state index contributed by atoms with van der Waals surface area (Å²) in [5.41, 5.74) is 5.25. The van der Waals surface area contributed by atoms with Crippen LogP contribution in [0.1, 0.15) is 46.5 Å². The lowest BCUT2D eigenvalue weighted by Gasteiger charge is -2.28. The Morgan fingerprint density at radius 1 is 1.05 bits per heavy atom. The van der Waals surface area contributed by atoms with Gasteiger partial charge in [-0.05, 0) is 38.9 Å². The molecule has 19 heavy (non-hydrogen) atoms. The van der Waals surface area contributed by atoms with Gasteiger partial charge in [0.25, 0.3) is 0 Å². The minimum Gasteiger partial charge on any atom is -0.341 e. The third-order valence-electron chi connectivity index (χ3n) is 3.70. The van der Waals surface area contributed by atoms with Gasteiger partial charge in [0.2, 0.25) is 5.91 Å². The van der Waals surface area contributed by atoms with E-state index in [2.05, 4.69) is 4.90 Å². The second-order valence-corrected chi connectivity index (χ2v) is 6.59. The molecule has 1 heterocycles. The van der Waals surface area contributed by atoms with Gasteiger partial charge < -0.3 is 15.5 Å². The third kappa shape index (κ3) is 5.91. The van der Waals surface area contributed by atoms with E-state index >= 15 is 0 Å². The molecule has 2 N–H and O–H groups in total. The summed E-state index contributed by atoms with van der Waals surface area (Å²) in [5.74, 6) is 0.289. The highest BCUT2D eigenvalue weighted by Gasteiger charge is 2.28. The summed E-state index contributed by atoms with van der Waals surface area (Å²) in [6.07, 6.45) is 4.67. The number of hydrogen-bond acceptors (Lipinski definition) is 3. The molecule has 1 saturated heterocycles. The standard InChI is InChI=1S/C15H31N3O/c1-15(2,3)14(19)18-11-7-10-17(12-13-18)9-6-4-5-8-16/h4-13,16H2,1-3H3. The number of amides is 1. The fraction of sp³-hybridized carbons (Fsp3) is 0.933. The van der Waals surface area contributed by atoms with Crippen molar-refractivity contribution in [3.8, 4) is 0 Å². The quantitative estimate of drug-likeness (QED) is 0.773. The molecule has 1 aliphatic rings. The first-order valence-corrected chi connectivity index (χ1v) is 7.67. The third-order valence-corrected chi connectivity index (χ3v) is 3.70. The monoisotopic (exact) mass is 269 g/mol. The zero-order valence-corrected chi connectivity index (χ0v) is 13.0. The lowest BCUT2D eigenvalue weighted by molar-refractivity contribution is -0.139. The summed E-state index contributed by atoms with van der Waals surface area (Å²) in [5, 5.41) is 0. The van der Waals surface area contributed by atoms with Crippen LogP contribution < -0.4 is 5.73 Å². The normalized spacial score (nSPS) is 18.4. The van der Waals surface area contributed by atoms with Crippen LogP contribution in [0.4, 0.5) is 0 Å². The van der Waals surface area contributed by atoms with Crippen molar-refractivity contribution in [2.75, 3.05) is 39.3 Å². The van der Waals surface area contributed by atoms with Gasteiger partial charge in [-0.3, -0.25) is 4.79 Å². The number of rotatable bonds is 5. The average molecular weight is 269 g/mol. The first-order chi connectivity index (χ1) is 8.95. The Morgan fingerprint density at radius 3 is 2.42 bits per heavy atom. The van der Waals surface area contributed by atoms with Crippen LogP contribution in [0.2, 0.25) is 0 Å². The van der Waals surface area contributed by atoms with Gasteiger partial charge in [0, 0.05) is 25.0 Å². The zero-order valence-electron chi connectivity index (χ0n) is 13.0. The van der Waals surface area contributed by atoms with Crippen LogP contribution in [-0.4, -0.2) is 55.0 Å². The zero-order chi connectivity index (χ0) is 14.3. The van der Waals surface area contributed by atoms with Crippen LogP contribution in [0.3, 0.4) is 0 Å². The Labute approximate surface area is 118 Å². The van der Waals surface area contributed by atoms with Gasteiger partial charge in [-0.1, -0.05) is 27.2 Å². The lowest BCUT2D eigenvalue weighted by Crippen LogP contribution is -2.41. The molecule has 1 rings (SSSR count). The predicted molar refractivity (Wildman–Crippen MR) is 80.0 cm³/mol. The molecule has 1 amide bonds. The van der Waals surface area contributed by atoms with Crippen molar-refractivity contribution in [3.05, 3.63) is 0 Å². The molecule has 0 aromatic carbocycles. The Morgan fingerprint density at radius 2 is 1.79 bits per heavy atom. The molecule has 4 nitrogen and oxygen atoms in total. The molecule has 0 unspecified atom stereocenters. The van der Waals surface area contributed by atoms with Crippen LogP contribution in [0, 0.1) is 5.41 Å². The minimum atomic E-state index is -0.254. The summed E-state index contributed by atoms with van der Waals surface area (Å²) >= 11 is 0. The Hall–Kier alpha value is -0.610. The fourth-order valence-corrected chi connectivity index (χ4v) is 2.53. The number of carbonyl (C=O) groups excluding carboxylic acids is 1. The molecule has 0 aliphatic carbocycles. The number of carbonyl (C=O) groups is 1. The summed E-state index contributed by atoms with van der Waals surface area (Å²) in [7, 11) is 0. The van der Waals surface area contributed by atoms with Crippen molar-refractivity contribution in [3.63, 3.8) is 0 Å².